The van der Waals surface area contributed by atoms with Gasteiger partial charge in [-0.2, -0.15) is 0 Å². The quantitative estimate of drug-likeness (QED) is 0.461. The predicted molar refractivity (Wildman–Crippen MR) is 127 cm³/mol. The molecule has 0 radical (unpaired) electrons. The van der Waals surface area contributed by atoms with Crippen molar-refractivity contribution in [1.29, 1.82) is 0 Å². The van der Waals surface area contributed by atoms with Crippen LogP contribution in [0.2, 0.25) is 5.02 Å². The number of benzene rings is 3. The molecule has 0 aliphatic carbocycles. The molecular weight excluding hydrogens is 464 g/mol. The van der Waals surface area contributed by atoms with E-state index in [4.69, 9.17) is 16.3 Å². The van der Waals surface area contributed by atoms with Gasteiger partial charge in [0.1, 0.15) is 4.90 Å². The molecule has 172 valence electrons. The predicted octanol–water partition coefficient (Wildman–Crippen LogP) is 4.03. The number of carbonyl (C=O) groups is 2. The van der Waals surface area contributed by atoms with Gasteiger partial charge in [0.05, 0.1) is 22.8 Å². The van der Waals surface area contributed by atoms with E-state index in [1.54, 1.807) is 37.3 Å². The molecular formula is C24H23ClN2O5S. The molecule has 0 saturated carbocycles. The van der Waals surface area contributed by atoms with E-state index in [1.807, 2.05) is 30.3 Å². The molecule has 0 unspecified atom stereocenters. The van der Waals surface area contributed by atoms with Gasteiger partial charge < -0.3 is 10.1 Å². The third kappa shape index (κ3) is 6.12. The zero-order chi connectivity index (χ0) is 23.8. The maximum Gasteiger partial charge on any atom is 0.338 e. The van der Waals surface area contributed by atoms with E-state index in [0.717, 1.165) is 5.56 Å². The summed E-state index contributed by atoms with van der Waals surface area (Å²) >= 11 is 6.27. The first-order valence-electron chi connectivity index (χ1n) is 10.2. The fourth-order valence-corrected chi connectivity index (χ4v) is 5.02. The number of hydrogen-bond donors (Lipinski definition) is 1. The number of nitrogens with one attached hydrogen (secondary N) is 1. The smallest absolute Gasteiger partial charge is 0.338 e. The summed E-state index contributed by atoms with van der Waals surface area (Å²) in [5.41, 5.74) is 1.19. The summed E-state index contributed by atoms with van der Waals surface area (Å²) in [7, 11) is -4.16. The second-order valence-electron chi connectivity index (χ2n) is 7.01. The van der Waals surface area contributed by atoms with Crippen molar-refractivity contribution in [2.75, 3.05) is 17.5 Å². The Labute approximate surface area is 198 Å². The van der Waals surface area contributed by atoms with Gasteiger partial charge in [-0.3, -0.25) is 9.10 Å². The lowest BCUT2D eigenvalue weighted by Gasteiger charge is -2.25. The van der Waals surface area contributed by atoms with Crippen molar-refractivity contribution in [3.8, 4) is 0 Å². The van der Waals surface area contributed by atoms with Crippen LogP contribution in [0.3, 0.4) is 0 Å². The maximum absolute atomic E-state index is 13.7. The third-order valence-electron chi connectivity index (χ3n) is 4.66. The van der Waals surface area contributed by atoms with Gasteiger partial charge in [0.25, 0.3) is 15.9 Å². The Morgan fingerprint density at radius 2 is 1.61 bits per heavy atom. The average molecular weight is 487 g/mol. The standard InChI is InChI=1S/C24H23ClN2O5S/c1-2-26-23(28)17-32-24(29)19-13-14-21(25)22(15-19)33(30,31)27(20-11-7-4-8-12-20)16-18-9-5-3-6-10-18/h3-15H,2,16-17H2,1H3,(H,26,28). The fourth-order valence-electron chi connectivity index (χ4n) is 3.07. The molecule has 0 atom stereocenters. The summed E-state index contributed by atoms with van der Waals surface area (Å²) in [5.74, 6) is -1.28. The van der Waals surface area contributed by atoms with Crippen molar-refractivity contribution in [2.45, 2.75) is 18.4 Å². The molecule has 0 spiro atoms. The first kappa shape index (κ1) is 24.3. The number of nitrogens with zero attached hydrogens (tertiary/aromatic N) is 1. The second-order valence-corrected chi connectivity index (χ2v) is 9.25. The summed E-state index contributed by atoms with van der Waals surface area (Å²) in [6.07, 6.45) is 0. The average Bonchev–Trinajstić information content (AvgIpc) is 2.82. The van der Waals surface area contributed by atoms with Crippen LogP contribution in [0.15, 0.2) is 83.8 Å². The molecule has 9 heteroatoms. The highest BCUT2D eigenvalue weighted by molar-refractivity contribution is 7.93. The van der Waals surface area contributed by atoms with Crippen LogP contribution in [0.4, 0.5) is 5.69 Å². The molecule has 1 N–H and O–H groups in total. The monoisotopic (exact) mass is 486 g/mol. The summed E-state index contributed by atoms with van der Waals surface area (Å²) in [6.45, 7) is 1.73. The molecule has 0 aromatic heterocycles. The topological polar surface area (TPSA) is 92.8 Å². The van der Waals surface area contributed by atoms with E-state index >= 15 is 0 Å². The van der Waals surface area contributed by atoms with Crippen molar-refractivity contribution < 1.29 is 22.7 Å². The number of amides is 1. The summed E-state index contributed by atoms with van der Waals surface area (Å²) in [5, 5.41) is 2.48. The van der Waals surface area contributed by atoms with Crippen molar-refractivity contribution in [3.63, 3.8) is 0 Å². The fraction of sp³-hybridized carbons (Fsp3) is 0.167. The molecule has 3 aromatic rings. The first-order valence-corrected chi connectivity index (χ1v) is 12.0. The maximum atomic E-state index is 13.7. The Kier molecular flexibility index (Phi) is 8.08. The number of likely N-dealkylation sites (N-methyl/N-ethyl adjacent to an activating group) is 1. The number of para-hydroxylation sites is 1. The highest BCUT2D eigenvalue weighted by Crippen LogP contribution is 2.31. The van der Waals surface area contributed by atoms with Gasteiger partial charge in [0.15, 0.2) is 6.61 Å². The normalized spacial score (nSPS) is 11.0. The van der Waals surface area contributed by atoms with Crippen LogP contribution in [0.1, 0.15) is 22.8 Å². The van der Waals surface area contributed by atoms with Crippen molar-refractivity contribution >= 4 is 39.2 Å². The largest absolute Gasteiger partial charge is 0.452 e. The lowest BCUT2D eigenvalue weighted by atomic mass is 10.2. The molecule has 0 fully saturated rings. The molecule has 33 heavy (non-hydrogen) atoms. The van der Waals surface area contributed by atoms with E-state index in [9.17, 15) is 18.0 Å². The van der Waals surface area contributed by atoms with E-state index in [0.29, 0.717) is 12.2 Å². The van der Waals surface area contributed by atoms with Crippen LogP contribution in [0.5, 0.6) is 0 Å². The lowest BCUT2D eigenvalue weighted by Crippen LogP contribution is -2.31. The summed E-state index contributed by atoms with van der Waals surface area (Å²) in [6, 6.07) is 21.6. The molecule has 3 aromatic carbocycles. The molecule has 0 bridgehead atoms. The number of anilines is 1. The lowest BCUT2D eigenvalue weighted by molar-refractivity contribution is -0.124. The van der Waals surface area contributed by atoms with E-state index in [2.05, 4.69) is 5.32 Å². The third-order valence-corrected chi connectivity index (χ3v) is 6.91. The number of rotatable bonds is 9. The highest BCUT2D eigenvalue weighted by atomic mass is 35.5. The van der Waals surface area contributed by atoms with Gasteiger partial charge in [-0.15, -0.1) is 0 Å². The molecule has 7 nitrogen and oxygen atoms in total. The Morgan fingerprint density at radius 1 is 0.970 bits per heavy atom. The Balaban J connectivity index is 1.96. The SMILES string of the molecule is CCNC(=O)COC(=O)c1ccc(Cl)c(S(=O)(=O)N(Cc2ccccc2)c2ccccc2)c1. The van der Waals surface area contributed by atoms with E-state index in [1.165, 1.54) is 22.5 Å². The van der Waals surface area contributed by atoms with Crippen molar-refractivity contribution in [1.82, 2.24) is 5.32 Å². The zero-order valence-electron chi connectivity index (χ0n) is 17.9. The van der Waals surface area contributed by atoms with Crippen LogP contribution in [0, 0.1) is 0 Å². The van der Waals surface area contributed by atoms with Crippen LogP contribution in [-0.4, -0.2) is 33.4 Å². The number of halogens is 1. The summed E-state index contributed by atoms with van der Waals surface area (Å²) < 4.78 is 33.6. The summed E-state index contributed by atoms with van der Waals surface area (Å²) in [4.78, 5) is 23.7. The molecule has 0 aliphatic heterocycles. The molecule has 0 saturated heterocycles. The van der Waals surface area contributed by atoms with Crippen LogP contribution < -0.4 is 9.62 Å². The van der Waals surface area contributed by atoms with E-state index < -0.39 is 28.5 Å². The molecule has 3 rings (SSSR count). The Hall–Kier alpha value is -3.36. The number of carbonyl (C=O) groups excluding carboxylic acids is 2. The Morgan fingerprint density at radius 3 is 2.24 bits per heavy atom. The molecule has 1 amide bonds. The van der Waals surface area contributed by atoms with Crippen LogP contribution in [0.25, 0.3) is 0 Å². The second kappa shape index (κ2) is 11.0. The van der Waals surface area contributed by atoms with Gasteiger partial charge >= 0.3 is 5.97 Å². The minimum absolute atomic E-state index is 0.0324. The highest BCUT2D eigenvalue weighted by Gasteiger charge is 2.28. The minimum Gasteiger partial charge on any atom is -0.452 e. The van der Waals surface area contributed by atoms with Gasteiger partial charge in [-0.25, -0.2) is 13.2 Å². The number of ether oxygens (including phenoxy) is 1. The first-order chi connectivity index (χ1) is 15.8. The molecule has 0 heterocycles. The van der Waals surface area contributed by atoms with E-state index in [-0.39, 0.29) is 22.0 Å². The van der Waals surface area contributed by atoms with Crippen molar-refractivity contribution in [3.05, 3.63) is 95.0 Å². The molecule has 0 aliphatic rings. The van der Waals surface area contributed by atoms with Crippen LogP contribution >= 0.6 is 11.6 Å². The number of hydrogen-bond acceptors (Lipinski definition) is 5. The van der Waals surface area contributed by atoms with Gasteiger partial charge in [-0.05, 0) is 42.8 Å². The van der Waals surface area contributed by atoms with Gasteiger partial charge in [0.2, 0.25) is 0 Å². The van der Waals surface area contributed by atoms with Crippen molar-refractivity contribution in [2.24, 2.45) is 0 Å². The zero-order valence-corrected chi connectivity index (χ0v) is 19.5. The van der Waals surface area contributed by atoms with Gasteiger partial charge in [-0.1, -0.05) is 60.1 Å². The minimum atomic E-state index is -4.16. The number of esters is 1. The Bertz CT molecular complexity index is 1220. The number of sulfonamides is 1. The van der Waals surface area contributed by atoms with Gasteiger partial charge in [0, 0.05) is 6.54 Å². The van der Waals surface area contributed by atoms with Crippen LogP contribution in [-0.2, 0) is 26.1 Å².